The number of fused-ring (bicyclic) bond motifs is 2. The third kappa shape index (κ3) is 2.83. The fraction of sp³-hybridized carbons (Fsp3) is 0.476. The molecule has 3 heterocycles. The average molecular weight is 364 g/mol. The van der Waals surface area contributed by atoms with E-state index in [0.29, 0.717) is 12.2 Å². The Hall–Kier alpha value is -2.63. The molecule has 140 valence electrons. The van der Waals surface area contributed by atoms with Crippen molar-refractivity contribution in [3.8, 4) is 0 Å². The highest BCUT2D eigenvalue weighted by atomic mass is 16.5. The molecule has 0 saturated carbocycles. The smallest absolute Gasteiger partial charge is 0.276 e. The van der Waals surface area contributed by atoms with Gasteiger partial charge in [0.15, 0.2) is 5.69 Å². The van der Waals surface area contributed by atoms with Crippen LogP contribution in [0.1, 0.15) is 64.8 Å². The van der Waals surface area contributed by atoms with Crippen LogP contribution in [0.25, 0.3) is 11.0 Å². The fourth-order valence-electron chi connectivity index (χ4n) is 4.48. The zero-order valence-corrected chi connectivity index (χ0v) is 15.6. The number of nitrogens with one attached hydrogen (secondary N) is 1. The summed E-state index contributed by atoms with van der Waals surface area (Å²) in [4.78, 5) is 23.3. The molecule has 1 aliphatic carbocycles. The second kappa shape index (κ2) is 6.51. The van der Waals surface area contributed by atoms with Gasteiger partial charge >= 0.3 is 0 Å². The van der Waals surface area contributed by atoms with Crippen molar-refractivity contribution in [1.82, 2.24) is 20.0 Å². The number of para-hydroxylation sites is 1. The second-order valence-corrected chi connectivity index (χ2v) is 7.82. The Labute approximate surface area is 157 Å². The molecule has 0 spiro atoms. The lowest BCUT2D eigenvalue weighted by molar-refractivity contribution is 0.0693. The Morgan fingerprint density at radius 1 is 1.26 bits per heavy atom. The third-order valence-electron chi connectivity index (χ3n) is 5.98. The van der Waals surface area contributed by atoms with Gasteiger partial charge in [-0.3, -0.25) is 4.79 Å². The van der Waals surface area contributed by atoms with E-state index in [9.17, 15) is 4.79 Å². The Kier molecular flexibility index (Phi) is 3.99. The summed E-state index contributed by atoms with van der Waals surface area (Å²) in [5, 5.41) is 4.13. The summed E-state index contributed by atoms with van der Waals surface area (Å²) in [5.74, 6) is 2.14. The van der Waals surface area contributed by atoms with Gasteiger partial charge in [0.1, 0.15) is 11.6 Å². The van der Waals surface area contributed by atoms with Crippen molar-refractivity contribution in [2.75, 3.05) is 13.1 Å². The summed E-state index contributed by atoms with van der Waals surface area (Å²) in [6.45, 7) is 3.53. The number of aromatic nitrogens is 3. The first kappa shape index (κ1) is 16.5. The van der Waals surface area contributed by atoms with Crippen LogP contribution in [0.3, 0.4) is 0 Å². The summed E-state index contributed by atoms with van der Waals surface area (Å²) < 4.78 is 5.45. The lowest BCUT2D eigenvalue weighted by Gasteiger charge is -2.31. The van der Waals surface area contributed by atoms with Gasteiger partial charge in [0, 0.05) is 31.0 Å². The maximum absolute atomic E-state index is 13.1. The number of carbonyl (C=O) groups excluding carboxylic acids is 1. The highest BCUT2D eigenvalue weighted by Crippen LogP contribution is 2.30. The van der Waals surface area contributed by atoms with Gasteiger partial charge in [0.2, 0.25) is 0 Å². The van der Waals surface area contributed by atoms with Gasteiger partial charge in [-0.1, -0.05) is 17.3 Å². The molecule has 27 heavy (non-hydrogen) atoms. The molecule has 1 N–H and O–H groups in total. The molecule has 1 atom stereocenters. The van der Waals surface area contributed by atoms with Crippen LogP contribution in [0.2, 0.25) is 0 Å². The highest BCUT2D eigenvalue weighted by Gasteiger charge is 2.32. The van der Waals surface area contributed by atoms with Gasteiger partial charge in [-0.15, -0.1) is 0 Å². The van der Waals surface area contributed by atoms with Crippen LogP contribution in [0.4, 0.5) is 0 Å². The number of imidazole rings is 1. The topological polar surface area (TPSA) is 75.0 Å². The van der Waals surface area contributed by atoms with Gasteiger partial charge in [-0.2, -0.15) is 0 Å². The van der Waals surface area contributed by atoms with E-state index in [-0.39, 0.29) is 11.8 Å². The van der Waals surface area contributed by atoms with E-state index in [1.807, 2.05) is 11.0 Å². The summed E-state index contributed by atoms with van der Waals surface area (Å²) in [7, 11) is 0. The molecule has 1 aromatic carbocycles. The van der Waals surface area contributed by atoms with E-state index in [2.05, 4.69) is 29.2 Å². The lowest BCUT2D eigenvalue weighted by atomic mass is 9.94. The minimum absolute atomic E-state index is 0.0129. The molecule has 6 heteroatoms. The van der Waals surface area contributed by atoms with Crippen molar-refractivity contribution < 1.29 is 9.32 Å². The number of nitrogens with zero attached hydrogens (tertiary/aromatic N) is 3. The second-order valence-electron chi connectivity index (χ2n) is 7.82. The monoisotopic (exact) mass is 364 g/mol. The van der Waals surface area contributed by atoms with Crippen LogP contribution in [-0.2, 0) is 12.8 Å². The lowest BCUT2D eigenvalue weighted by Crippen LogP contribution is -2.40. The number of amides is 1. The molecule has 2 aromatic heterocycles. The van der Waals surface area contributed by atoms with Crippen LogP contribution in [0.5, 0.6) is 0 Å². The van der Waals surface area contributed by atoms with E-state index in [0.717, 1.165) is 73.3 Å². The van der Waals surface area contributed by atoms with Gasteiger partial charge in [0.25, 0.3) is 5.91 Å². The molecule has 0 bridgehead atoms. The minimum Gasteiger partial charge on any atom is -0.360 e. The van der Waals surface area contributed by atoms with Crippen LogP contribution in [0.15, 0.2) is 22.7 Å². The largest absolute Gasteiger partial charge is 0.360 e. The number of hydrogen-bond acceptors (Lipinski definition) is 4. The third-order valence-corrected chi connectivity index (χ3v) is 5.98. The number of aromatic amines is 1. The Balaban J connectivity index is 1.39. The molecule has 2 aliphatic rings. The molecule has 1 unspecified atom stereocenters. The van der Waals surface area contributed by atoms with Crippen LogP contribution in [0, 0.1) is 6.92 Å². The minimum atomic E-state index is 0.0129. The van der Waals surface area contributed by atoms with E-state index < -0.39 is 0 Å². The highest BCUT2D eigenvalue weighted by molar-refractivity contribution is 5.94. The Morgan fingerprint density at radius 3 is 3.04 bits per heavy atom. The average Bonchev–Trinajstić information content (AvgIpc) is 3.33. The van der Waals surface area contributed by atoms with Crippen molar-refractivity contribution >= 4 is 16.9 Å². The zero-order chi connectivity index (χ0) is 18.4. The molecule has 1 saturated heterocycles. The Morgan fingerprint density at radius 2 is 2.15 bits per heavy atom. The van der Waals surface area contributed by atoms with Crippen LogP contribution in [-0.4, -0.2) is 39.0 Å². The first-order valence-corrected chi connectivity index (χ1v) is 9.92. The van der Waals surface area contributed by atoms with Crippen molar-refractivity contribution in [2.45, 2.75) is 51.4 Å². The molecule has 6 nitrogen and oxygen atoms in total. The maximum Gasteiger partial charge on any atom is 0.276 e. The summed E-state index contributed by atoms with van der Waals surface area (Å²) in [6, 6.07) is 6.19. The zero-order valence-electron chi connectivity index (χ0n) is 15.6. The molecular weight excluding hydrogens is 340 g/mol. The van der Waals surface area contributed by atoms with E-state index in [4.69, 9.17) is 9.51 Å². The normalized spacial score (nSPS) is 20.0. The summed E-state index contributed by atoms with van der Waals surface area (Å²) >= 11 is 0. The van der Waals surface area contributed by atoms with Gasteiger partial charge < -0.3 is 14.4 Å². The van der Waals surface area contributed by atoms with Crippen molar-refractivity contribution in [3.05, 3.63) is 46.6 Å². The number of piperidine rings is 1. The molecule has 1 aliphatic heterocycles. The Bertz CT molecular complexity index is 1000. The molecule has 3 aromatic rings. The van der Waals surface area contributed by atoms with Crippen molar-refractivity contribution in [2.24, 2.45) is 0 Å². The molecular formula is C21H24N4O2. The first-order valence-electron chi connectivity index (χ1n) is 9.92. The predicted octanol–water partition coefficient (Wildman–Crippen LogP) is 3.76. The van der Waals surface area contributed by atoms with Gasteiger partial charge in [0.05, 0.1) is 11.0 Å². The van der Waals surface area contributed by atoms with Crippen molar-refractivity contribution in [3.63, 3.8) is 0 Å². The number of rotatable bonds is 2. The van der Waals surface area contributed by atoms with Gasteiger partial charge in [-0.05, 0) is 50.7 Å². The fourth-order valence-corrected chi connectivity index (χ4v) is 4.48. The SMILES string of the molecule is Cc1cccc2[nH]c(C3CCCN(C(=O)c4noc5c4CCCC5)C3)nc12. The number of hydrogen-bond donors (Lipinski definition) is 1. The van der Waals surface area contributed by atoms with Crippen LogP contribution >= 0.6 is 0 Å². The molecule has 5 rings (SSSR count). The van der Waals surface area contributed by atoms with Gasteiger partial charge in [-0.25, -0.2) is 4.98 Å². The molecule has 1 fully saturated rings. The standard InChI is InChI=1S/C21H24N4O2/c1-13-6-4-9-16-18(13)23-20(22-16)14-7-5-11-25(12-14)21(26)19-15-8-2-3-10-17(15)27-24-19/h4,6,9,14H,2-3,5,7-8,10-12H2,1H3,(H,22,23). The molecule has 0 radical (unpaired) electrons. The van der Waals surface area contributed by atoms with Crippen LogP contribution < -0.4 is 0 Å². The quantitative estimate of drug-likeness (QED) is 0.751. The molecule has 1 amide bonds. The number of likely N-dealkylation sites (tertiary alicyclic amines) is 1. The van der Waals surface area contributed by atoms with Crippen molar-refractivity contribution in [1.29, 1.82) is 0 Å². The number of carbonyl (C=O) groups is 1. The summed E-state index contributed by atoms with van der Waals surface area (Å²) in [6.07, 6.45) is 6.05. The number of H-pyrrole nitrogens is 1. The summed E-state index contributed by atoms with van der Waals surface area (Å²) in [5.41, 5.74) is 4.84. The van der Waals surface area contributed by atoms with E-state index in [1.54, 1.807) is 0 Å². The maximum atomic E-state index is 13.1. The number of aryl methyl sites for hydroxylation is 2. The number of benzene rings is 1. The van der Waals surface area contributed by atoms with E-state index >= 15 is 0 Å². The first-order chi connectivity index (χ1) is 13.2. The van der Waals surface area contributed by atoms with E-state index in [1.165, 1.54) is 5.56 Å². The predicted molar refractivity (Wildman–Crippen MR) is 102 cm³/mol.